The van der Waals surface area contributed by atoms with Crippen molar-refractivity contribution in [3.63, 3.8) is 0 Å². The highest BCUT2D eigenvalue weighted by Gasteiger charge is 2.16. The fourth-order valence-corrected chi connectivity index (χ4v) is 2.98. The van der Waals surface area contributed by atoms with Crippen LogP contribution in [0.15, 0.2) is 30.6 Å². The molecule has 0 aliphatic carbocycles. The van der Waals surface area contributed by atoms with E-state index >= 15 is 0 Å². The zero-order valence-corrected chi connectivity index (χ0v) is 11.5. The molecule has 0 spiro atoms. The maximum Gasteiger partial charge on any atom is 0.0448 e. The smallest absolute Gasteiger partial charge is 0.0448 e. The Kier molecular flexibility index (Phi) is 3.28. The number of rotatable bonds is 1. The van der Waals surface area contributed by atoms with E-state index < -0.39 is 0 Å². The molecule has 1 fully saturated rings. The van der Waals surface area contributed by atoms with Gasteiger partial charge in [-0.3, -0.25) is 4.98 Å². The highest BCUT2D eigenvalue weighted by Crippen LogP contribution is 2.32. The van der Waals surface area contributed by atoms with Crippen LogP contribution in [0.1, 0.15) is 26.2 Å². The van der Waals surface area contributed by atoms with Crippen molar-refractivity contribution in [3.05, 3.63) is 30.6 Å². The molecule has 1 saturated heterocycles. The Morgan fingerprint density at radius 3 is 2.95 bits per heavy atom. The molecule has 1 atom stereocenters. The van der Waals surface area contributed by atoms with Gasteiger partial charge in [0.1, 0.15) is 0 Å². The molecule has 0 bridgehead atoms. The summed E-state index contributed by atoms with van der Waals surface area (Å²) in [5, 5.41) is 2.29. The van der Waals surface area contributed by atoms with Gasteiger partial charge in [0.15, 0.2) is 0 Å². The number of anilines is 2. The zero-order valence-electron chi connectivity index (χ0n) is 11.5. The molecule has 1 aliphatic rings. The van der Waals surface area contributed by atoms with Crippen LogP contribution >= 0.6 is 0 Å². The van der Waals surface area contributed by atoms with Crippen LogP contribution < -0.4 is 10.6 Å². The molecule has 2 N–H and O–H groups in total. The molecule has 3 heteroatoms. The van der Waals surface area contributed by atoms with Gasteiger partial charge in [-0.05, 0) is 43.4 Å². The molecule has 3 rings (SSSR count). The van der Waals surface area contributed by atoms with Gasteiger partial charge in [-0.15, -0.1) is 0 Å². The van der Waals surface area contributed by atoms with Crippen LogP contribution in [0.4, 0.5) is 11.4 Å². The van der Waals surface area contributed by atoms with Gasteiger partial charge in [0.2, 0.25) is 0 Å². The zero-order chi connectivity index (χ0) is 13.2. The predicted molar refractivity (Wildman–Crippen MR) is 81.4 cm³/mol. The Labute approximate surface area is 114 Å². The monoisotopic (exact) mass is 255 g/mol. The summed E-state index contributed by atoms with van der Waals surface area (Å²) >= 11 is 0. The van der Waals surface area contributed by atoms with Crippen molar-refractivity contribution in [2.24, 2.45) is 5.92 Å². The number of hydrogen-bond acceptors (Lipinski definition) is 3. The first-order valence-corrected chi connectivity index (χ1v) is 7.13. The average molecular weight is 255 g/mol. The number of benzene rings is 1. The summed E-state index contributed by atoms with van der Waals surface area (Å²) in [5.41, 5.74) is 8.17. The minimum Gasteiger partial charge on any atom is -0.398 e. The number of fused-ring (bicyclic) bond motifs is 1. The van der Waals surface area contributed by atoms with Gasteiger partial charge >= 0.3 is 0 Å². The molecule has 0 radical (unpaired) electrons. The summed E-state index contributed by atoms with van der Waals surface area (Å²) in [4.78, 5) is 6.70. The number of pyridine rings is 1. The largest absolute Gasteiger partial charge is 0.398 e. The van der Waals surface area contributed by atoms with E-state index in [0.29, 0.717) is 0 Å². The second kappa shape index (κ2) is 5.08. The van der Waals surface area contributed by atoms with Crippen molar-refractivity contribution in [1.82, 2.24) is 4.98 Å². The van der Waals surface area contributed by atoms with Crippen LogP contribution in [0.3, 0.4) is 0 Å². The maximum absolute atomic E-state index is 6.05. The molecule has 1 aliphatic heterocycles. The first kappa shape index (κ1) is 12.3. The Morgan fingerprint density at radius 1 is 1.16 bits per heavy atom. The van der Waals surface area contributed by atoms with E-state index in [-0.39, 0.29) is 0 Å². The van der Waals surface area contributed by atoms with Crippen molar-refractivity contribution in [2.45, 2.75) is 26.2 Å². The van der Waals surface area contributed by atoms with Crippen LogP contribution in [0.5, 0.6) is 0 Å². The first-order valence-electron chi connectivity index (χ1n) is 7.13. The molecular formula is C16H21N3. The molecule has 19 heavy (non-hydrogen) atoms. The summed E-state index contributed by atoms with van der Waals surface area (Å²) < 4.78 is 0. The summed E-state index contributed by atoms with van der Waals surface area (Å²) in [6.07, 6.45) is 7.61. The van der Waals surface area contributed by atoms with Crippen molar-refractivity contribution in [2.75, 3.05) is 23.7 Å². The molecule has 0 saturated carbocycles. The van der Waals surface area contributed by atoms with Gasteiger partial charge in [0, 0.05) is 47.6 Å². The number of nitrogen functional groups attached to an aromatic ring is 1. The van der Waals surface area contributed by atoms with Gasteiger partial charge in [0.25, 0.3) is 0 Å². The van der Waals surface area contributed by atoms with Gasteiger partial charge in [-0.2, -0.15) is 0 Å². The fourth-order valence-electron chi connectivity index (χ4n) is 2.98. The lowest BCUT2D eigenvalue weighted by Gasteiger charge is -2.24. The molecular weight excluding hydrogens is 234 g/mol. The number of nitrogens with zero attached hydrogens (tertiary/aromatic N) is 2. The topological polar surface area (TPSA) is 42.1 Å². The third-order valence-corrected chi connectivity index (χ3v) is 4.19. The molecule has 1 aromatic carbocycles. The second-order valence-corrected chi connectivity index (χ2v) is 5.62. The lowest BCUT2D eigenvalue weighted by molar-refractivity contribution is 0.521. The molecule has 0 amide bonds. The molecule has 100 valence electrons. The molecule has 2 heterocycles. The van der Waals surface area contributed by atoms with Crippen molar-refractivity contribution in [3.8, 4) is 0 Å². The number of hydrogen-bond donors (Lipinski definition) is 1. The van der Waals surface area contributed by atoms with Crippen LogP contribution in [0.25, 0.3) is 10.8 Å². The summed E-state index contributed by atoms with van der Waals surface area (Å²) in [6, 6.07) is 6.25. The van der Waals surface area contributed by atoms with E-state index in [1.807, 2.05) is 18.5 Å². The van der Waals surface area contributed by atoms with Gasteiger partial charge < -0.3 is 10.6 Å². The molecule has 3 nitrogen and oxygen atoms in total. The van der Waals surface area contributed by atoms with E-state index in [1.165, 1.54) is 30.3 Å². The van der Waals surface area contributed by atoms with E-state index in [0.717, 1.165) is 30.1 Å². The Bertz CT molecular complexity index is 579. The first-order chi connectivity index (χ1) is 9.25. The fraction of sp³-hybridized carbons (Fsp3) is 0.438. The Morgan fingerprint density at radius 2 is 2.05 bits per heavy atom. The quantitative estimate of drug-likeness (QED) is 0.794. The van der Waals surface area contributed by atoms with E-state index in [9.17, 15) is 0 Å². The van der Waals surface area contributed by atoms with E-state index in [4.69, 9.17) is 5.73 Å². The summed E-state index contributed by atoms with van der Waals surface area (Å²) in [7, 11) is 0. The maximum atomic E-state index is 6.05. The minimum atomic E-state index is 0.815. The highest BCUT2D eigenvalue weighted by atomic mass is 15.1. The van der Waals surface area contributed by atoms with Crippen LogP contribution in [0, 0.1) is 5.92 Å². The van der Waals surface area contributed by atoms with Crippen LogP contribution in [-0.2, 0) is 0 Å². The van der Waals surface area contributed by atoms with Crippen LogP contribution in [-0.4, -0.2) is 18.1 Å². The van der Waals surface area contributed by atoms with Crippen molar-refractivity contribution >= 4 is 22.1 Å². The van der Waals surface area contributed by atoms with Crippen LogP contribution in [0.2, 0.25) is 0 Å². The third kappa shape index (κ3) is 2.37. The molecule has 2 aromatic rings. The Balaban J connectivity index is 2.02. The second-order valence-electron chi connectivity index (χ2n) is 5.62. The van der Waals surface area contributed by atoms with Gasteiger partial charge in [0.05, 0.1) is 0 Å². The summed E-state index contributed by atoms with van der Waals surface area (Å²) in [5.74, 6) is 0.840. The number of aromatic nitrogens is 1. The third-order valence-electron chi connectivity index (χ3n) is 4.19. The average Bonchev–Trinajstić information content (AvgIpc) is 2.65. The van der Waals surface area contributed by atoms with Crippen molar-refractivity contribution in [1.29, 1.82) is 0 Å². The van der Waals surface area contributed by atoms with Gasteiger partial charge in [-0.1, -0.05) is 6.92 Å². The standard InChI is InChI=1S/C16H21N3/c1-12-3-2-9-19(10-7-12)16-5-4-15(17)14-11-18-8-6-13(14)16/h4-6,8,11-12H,2-3,7,9-10,17H2,1H3. The minimum absolute atomic E-state index is 0.815. The van der Waals surface area contributed by atoms with Crippen molar-refractivity contribution < 1.29 is 0 Å². The lowest BCUT2D eigenvalue weighted by Crippen LogP contribution is -2.24. The summed E-state index contributed by atoms with van der Waals surface area (Å²) in [6.45, 7) is 4.64. The highest BCUT2D eigenvalue weighted by molar-refractivity contribution is 6.00. The molecule has 1 aromatic heterocycles. The normalized spacial score (nSPS) is 20.5. The van der Waals surface area contributed by atoms with E-state index in [1.54, 1.807) is 0 Å². The molecule has 1 unspecified atom stereocenters. The number of nitrogens with two attached hydrogens (primary N) is 1. The predicted octanol–water partition coefficient (Wildman–Crippen LogP) is 3.44. The Hall–Kier alpha value is -1.77. The SMILES string of the molecule is CC1CCCN(c2ccc(N)c3cnccc23)CC1. The van der Waals surface area contributed by atoms with Gasteiger partial charge in [-0.25, -0.2) is 0 Å². The lowest BCUT2D eigenvalue weighted by atomic mass is 10.0. The van der Waals surface area contributed by atoms with E-state index in [2.05, 4.69) is 28.9 Å².